The number of aromatic nitrogens is 1. The summed E-state index contributed by atoms with van der Waals surface area (Å²) < 4.78 is 28.4. The van der Waals surface area contributed by atoms with Crippen molar-refractivity contribution >= 4 is 11.3 Å². The van der Waals surface area contributed by atoms with Crippen molar-refractivity contribution in [1.29, 1.82) is 0 Å². The van der Waals surface area contributed by atoms with E-state index in [1.54, 1.807) is 23.5 Å². The van der Waals surface area contributed by atoms with Crippen LogP contribution in [0.25, 0.3) is 11.3 Å². The fourth-order valence-corrected chi connectivity index (χ4v) is 2.34. The molecular weight excluding hydrogens is 270 g/mol. The van der Waals surface area contributed by atoms with E-state index in [0.717, 1.165) is 29.4 Å². The van der Waals surface area contributed by atoms with Crippen LogP contribution in [0.1, 0.15) is 11.9 Å². The molecule has 0 aliphatic rings. The van der Waals surface area contributed by atoms with Gasteiger partial charge in [-0.2, -0.15) is 8.78 Å². The quantitative estimate of drug-likeness (QED) is 0.881. The number of hydrogen-bond acceptors (Lipinski definition) is 4. The van der Waals surface area contributed by atoms with Gasteiger partial charge in [0.25, 0.3) is 0 Å². The minimum atomic E-state index is -2.79. The van der Waals surface area contributed by atoms with Crippen molar-refractivity contribution in [3.05, 3.63) is 34.7 Å². The molecule has 3 nitrogen and oxygen atoms in total. The highest BCUT2D eigenvalue weighted by atomic mass is 32.1. The lowest BCUT2D eigenvalue weighted by atomic mass is 10.2. The van der Waals surface area contributed by atoms with Gasteiger partial charge in [0.05, 0.1) is 5.69 Å². The van der Waals surface area contributed by atoms with Gasteiger partial charge in [-0.1, -0.05) is 6.92 Å². The van der Waals surface area contributed by atoms with Crippen LogP contribution in [-0.2, 0) is 6.54 Å². The highest BCUT2D eigenvalue weighted by Crippen LogP contribution is 2.24. The van der Waals surface area contributed by atoms with Gasteiger partial charge >= 0.3 is 6.61 Å². The van der Waals surface area contributed by atoms with Crippen LogP contribution in [0, 0.1) is 0 Å². The van der Waals surface area contributed by atoms with Crippen LogP contribution in [0.3, 0.4) is 0 Å². The standard InChI is InChI=1S/C13H14F2N2OS/c1-2-16-7-12-17-11(8-19-12)9-3-5-10(6-4-9)18-13(14)15/h3-6,8,13,16H,2,7H2,1H3. The van der Waals surface area contributed by atoms with Crippen LogP contribution in [0.15, 0.2) is 29.6 Å². The summed E-state index contributed by atoms with van der Waals surface area (Å²) in [4.78, 5) is 4.48. The Morgan fingerprint density at radius 3 is 2.68 bits per heavy atom. The van der Waals surface area contributed by atoms with Crippen LogP contribution < -0.4 is 10.1 Å². The first-order chi connectivity index (χ1) is 9.19. The molecule has 6 heteroatoms. The molecular formula is C13H14F2N2OS. The summed E-state index contributed by atoms with van der Waals surface area (Å²) in [5.41, 5.74) is 1.74. The van der Waals surface area contributed by atoms with Crippen molar-refractivity contribution in [2.45, 2.75) is 20.1 Å². The Kier molecular flexibility index (Phi) is 4.81. The summed E-state index contributed by atoms with van der Waals surface area (Å²) in [7, 11) is 0. The van der Waals surface area contributed by atoms with Crippen LogP contribution in [-0.4, -0.2) is 18.1 Å². The average Bonchev–Trinajstić information content (AvgIpc) is 2.85. The van der Waals surface area contributed by atoms with Gasteiger partial charge in [-0.3, -0.25) is 0 Å². The number of rotatable bonds is 6. The number of nitrogens with one attached hydrogen (secondary N) is 1. The average molecular weight is 284 g/mol. The zero-order valence-corrected chi connectivity index (χ0v) is 11.2. The Balaban J connectivity index is 2.07. The summed E-state index contributed by atoms with van der Waals surface area (Å²) in [6.07, 6.45) is 0. The second-order valence-electron chi connectivity index (χ2n) is 3.81. The van der Waals surface area contributed by atoms with E-state index in [1.807, 2.05) is 12.3 Å². The van der Waals surface area contributed by atoms with Crippen molar-refractivity contribution in [1.82, 2.24) is 10.3 Å². The zero-order chi connectivity index (χ0) is 13.7. The second-order valence-corrected chi connectivity index (χ2v) is 4.75. The normalized spacial score (nSPS) is 10.9. The van der Waals surface area contributed by atoms with E-state index in [9.17, 15) is 8.78 Å². The highest BCUT2D eigenvalue weighted by Gasteiger charge is 2.07. The van der Waals surface area contributed by atoms with E-state index in [4.69, 9.17) is 0 Å². The zero-order valence-electron chi connectivity index (χ0n) is 10.4. The molecule has 0 aliphatic heterocycles. The molecule has 0 aliphatic carbocycles. The maximum Gasteiger partial charge on any atom is 0.387 e. The number of nitrogens with zero attached hydrogens (tertiary/aromatic N) is 1. The van der Waals surface area contributed by atoms with Crippen molar-refractivity contribution in [3.8, 4) is 17.0 Å². The first kappa shape index (κ1) is 13.9. The third-order valence-corrected chi connectivity index (χ3v) is 3.30. The number of alkyl halides is 2. The fraction of sp³-hybridized carbons (Fsp3) is 0.308. The molecule has 1 N–H and O–H groups in total. The monoisotopic (exact) mass is 284 g/mol. The van der Waals surface area contributed by atoms with Gasteiger partial charge in [-0.15, -0.1) is 11.3 Å². The molecule has 1 aromatic carbocycles. The Morgan fingerprint density at radius 1 is 1.32 bits per heavy atom. The topological polar surface area (TPSA) is 34.2 Å². The number of halogens is 2. The Labute approximate surface area is 114 Å². The van der Waals surface area contributed by atoms with E-state index < -0.39 is 6.61 Å². The van der Waals surface area contributed by atoms with Crippen LogP contribution in [0.5, 0.6) is 5.75 Å². The van der Waals surface area contributed by atoms with Crippen LogP contribution in [0.2, 0.25) is 0 Å². The van der Waals surface area contributed by atoms with Gasteiger partial charge in [0.2, 0.25) is 0 Å². The summed E-state index contributed by atoms with van der Waals surface area (Å²) in [5.74, 6) is 0.154. The van der Waals surface area contributed by atoms with Gasteiger partial charge in [0, 0.05) is 17.5 Å². The third kappa shape index (κ3) is 3.97. The van der Waals surface area contributed by atoms with Gasteiger partial charge in [-0.25, -0.2) is 4.98 Å². The molecule has 0 spiro atoms. The van der Waals surface area contributed by atoms with Gasteiger partial charge in [-0.05, 0) is 30.8 Å². The molecule has 0 bridgehead atoms. The smallest absolute Gasteiger partial charge is 0.387 e. The van der Waals surface area contributed by atoms with E-state index in [-0.39, 0.29) is 5.75 Å². The molecule has 1 heterocycles. The Bertz CT molecular complexity index is 514. The number of benzene rings is 1. The minimum absolute atomic E-state index is 0.154. The summed E-state index contributed by atoms with van der Waals surface area (Å²) >= 11 is 1.57. The first-order valence-electron chi connectivity index (χ1n) is 5.89. The molecule has 0 saturated heterocycles. The molecule has 0 atom stereocenters. The van der Waals surface area contributed by atoms with Gasteiger partial charge in [0.15, 0.2) is 0 Å². The van der Waals surface area contributed by atoms with Crippen molar-refractivity contribution < 1.29 is 13.5 Å². The molecule has 0 amide bonds. The summed E-state index contributed by atoms with van der Waals surface area (Å²) in [6, 6.07) is 6.49. The molecule has 102 valence electrons. The predicted octanol–water partition coefficient (Wildman–Crippen LogP) is 3.52. The molecule has 2 aromatic rings. The third-order valence-electron chi connectivity index (χ3n) is 2.45. The van der Waals surface area contributed by atoms with Crippen molar-refractivity contribution in [2.24, 2.45) is 0 Å². The van der Waals surface area contributed by atoms with Crippen LogP contribution >= 0.6 is 11.3 Å². The Morgan fingerprint density at radius 2 is 2.05 bits per heavy atom. The summed E-state index contributed by atoms with van der Waals surface area (Å²) in [6.45, 7) is 0.885. The second kappa shape index (κ2) is 6.58. The molecule has 0 radical (unpaired) electrons. The van der Waals surface area contributed by atoms with E-state index in [0.29, 0.717) is 0 Å². The highest BCUT2D eigenvalue weighted by molar-refractivity contribution is 7.09. The maximum absolute atomic E-state index is 12.0. The molecule has 19 heavy (non-hydrogen) atoms. The fourth-order valence-electron chi connectivity index (χ4n) is 1.56. The molecule has 0 saturated carbocycles. The SMILES string of the molecule is CCNCc1nc(-c2ccc(OC(F)F)cc2)cs1. The lowest BCUT2D eigenvalue weighted by Crippen LogP contribution is -2.11. The molecule has 0 fully saturated rings. The van der Waals surface area contributed by atoms with Crippen LogP contribution in [0.4, 0.5) is 8.78 Å². The number of ether oxygens (including phenoxy) is 1. The Hall–Kier alpha value is -1.53. The minimum Gasteiger partial charge on any atom is -0.435 e. The van der Waals surface area contributed by atoms with E-state index in [2.05, 4.69) is 15.0 Å². The number of thiazole rings is 1. The van der Waals surface area contributed by atoms with Crippen molar-refractivity contribution in [3.63, 3.8) is 0 Å². The van der Waals surface area contributed by atoms with Crippen molar-refractivity contribution in [2.75, 3.05) is 6.54 Å². The first-order valence-corrected chi connectivity index (χ1v) is 6.77. The molecule has 0 unspecified atom stereocenters. The van der Waals surface area contributed by atoms with E-state index in [1.165, 1.54) is 12.1 Å². The van der Waals surface area contributed by atoms with E-state index >= 15 is 0 Å². The van der Waals surface area contributed by atoms with Gasteiger partial charge in [0.1, 0.15) is 10.8 Å². The lowest BCUT2D eigenvalue weighted by Gasteiger charge is -2.04. The predicted molar refractivity (Wildman–Crippen MR) is 71.6 cm³/mol. The summed E-state index contributed by atoms with van der Waals surface area (Å²) in [5, 5.41) is 6.16. The lowest BCUT2D eigenvalue weighted by molar-refractivity contribution is -0.0498. The molecule has 2 rings (SSSR count). The molecule has 1 aromatic heterocycles. The van der Waals surface area contributed by atoms with Gasteiger partial charge < -0.3 is 10.1 Å². The largest absolute Gasteiger partial charge is 0.435 e. The maximum atomic E-state index is 12.0. The number of hydrogen-bond donors (Lipinski definition) is 1.